The minimum Gasteiger partial charge on any atom is -0.493 e. The van der Waals surface area contributed by atoms with Crippen molar-refractivity contribution in [2.24, 2.45) is 0 Å². The van der Waals surface area contributed by atoms with Crippen LogP contribution in [0.2, 0.25) is 0 Å². The molecule has 0 saturated carbocycles. The number of ether oxygens (including phenoxy) is 4. The average molecular weight is 354 g/mol. The lowest BCUT2D eigenvalue weighted by molar-refractivity contribution is 0.324. The van der Waals surface area contributed by atoms with Crippen molar-refractivity contribution in [3.8, 4) is 28.9 Å². The van der Waals surface area contributed by atoms with Crippen LogP contribution < -0.4 is 24.3 Å². The van der Waals surface area contributed by atoms with Gasteiger partial charge in [0.1, 0.15) is 5.75 Å². The molecule has 0 spiro atoms. The van der Waals surface area contributed by atoms with Crippen molar-refractivity contribution in [2.45, 2.75) is 0 Å². The van der Waals surface area contributed by atoms with Gasteiger partial charge >= 0.3 is 0 Å². The van der Waals surface area contributed by atoms with Crippen molar-refractivity contribution in [3.05, 3.63) is 49.1 Å². The van der Waals surface area contributed by atoms with Crippen molar-refractivity contribution in [3.63, 3.8) is 0 Å². The summed E-state index contributed by atoms with van der Waals surface area (Å²) in [7, 11) is 4.67. The van der Waals surface area contributed by atoms with E-state index in [-0.39, 0.29) is 0 Å². The molecule has 2 heterocycles. The van der Waals surface area contributed by atoms with Gasteiger partial charge in [-0.1, -0.05) is 0 Å². The number of nitrogens with one attached hydrogen (secondary N) is 1. The quantitative estimate of drug-likeness (QED) is 0.690. The number of nitrogens with zero attached hydrogens (tertiary/aromatic N) is 3. The van der Waals surface area contributed by atoms with Crippen LogP contribution in [-0.4, -0.2) is 36.3 Å². The van der Waals surface area contributed by atoms with Gasteiger partial charge in [0.15, 0.2) is 17.3 Å². The van der Waals surface area contributed by atoms with Crippen molar-refractivity contribution >= 4 is 11.5 Å². The molecule has 3 aromatic rings. The van der Waals surface area contributed by atoms with Crippen molar-refractivity contribution in [2.75, 3.05) is 26.6 Å². The van der Waals surface area contributed by atoms with Crippen LogP contribution >= 0.6 is 0 Å². The molecule has 0 unspecified atom stereocenters. The molecular formula is C18H18N4O4. The Labute approximate surface area is 150 Å². The van der Waals surface area contributed by atoms with Crippen LogP contribution in [0.25, 0.3) is 0 Å². The topological polar surface area (TPSA) is 87.6 Å². The van der Waals surface area contributed by atoms with Crippen molar-refractivity contribution in [1.82, 2.24) is 15.0 Å². The third-order valence-corrected chi connectivity index (χ3v) is 3.41. The largest absolute Gasteiger partial charge is 0.493 e. The predicted octanol–water partition coefficient (Wildman–Crippen LogP) is 3.43. The standard InChI is InChI=1S/C18H18N4O4/c1-23-14-7-12(8-15(24-2)18(14)25-3)21-16-10-20-11-17(22-16)26-13-5-4-6-19-9-13/h4-11H,1-3H3,(H,21,22). The maximum atomic E-state index is 5.64. The van der Waals surface area contributed by atoms with Crippen molar-refractivity contribution in [1.29, 1.82) is 0 Å². The van der Waals surface area contributed by atoms with Gasteiger partial charge in [0.05, 0.1) is 39.9 Å². The summed E-state index contributed by atoms with van der Waals surface area (Å²) in [5, 5.41) is 3.15. The number of hydrogen-bond donors (Lipinski definition) is 1. The third-order valence-electron chi connectivity index (χ3n) is 3.41. The molecular weight excluding hydrogens is 336 g/mol. The van der Waals surface area contributed by atoms with E-state index >= 15 is 0 Å². The molecule has 26 heavy (non-hydrogen) atoms. The van der Waals surface area contributed by atoms with Gasteiger partial charge < -0.3 is 24.3 Å². The highest BCUT2D eigenvalue weighted by molar-refractivity contribution is 5.66. The van der Waals surface area contributed by atoms with Gasteiger partial charge in [0, 0.05) is 24.0 Å². The van der Waals surface area contributed by atoms with E-state index in [0.29, 0.717) is 40.4 Å². The maximum absolute atomic E-state index is 5.64. The molecule has 0 aliphatic carbocycles. The van der Waals surface area contributed by atoms with Gasteiger partial charge in [-0.3, -0.25) is 9.97 Å². The highest BCUT2D eigenvalue weighted by Crippen LogP contribution is 2.40. The van der Waals surface area contributed by atoms with E-state index in [9.17, 15) is 0 Å². The zero-order chi connectivity index (χ0) is 18.4. The zero-order valence-electron chi connectivity index (χ0n) is 14.6. The van der Waals surface area contributed by atoms with Crippen LogP contribution in [0.5, 0.6) is 28.9 Å². The van der Waals surface area contributed by atoms with E-state index in [1.54, 1.807) is 64.2 Å². The Morgan fingerprint density at radius 1 is 0.885 bits per heavy atom. The fourth-order valence-electron chi connectivity index (χ4n) is 2.29. The van der Waals surface area contributed by atoms with Crippen LogP contribution in [0.1, 0.15) is 0 Å². The van der Waals surface area contributed by atoms with E-state index in [2.05, 4.69) is 20.3 Å². The summed E-state index contributed by atoms with van der Waals surface area (Å²) >= 11 is 0. The first-order valence-electron chi connectivity index (χ1n) is 7.70. The molecule has 8 nitrogen and oxygen atoms in total. The summed E-state index contributed by atoms with van der Waals surface area (Å²) < 4.78 is 21.6. The fraction of sp³-hybridized carbons (Fsp3) is 0.167. The minimum atomic E-state index is 0.343. The first-order chi connectivity index (χ1) is 12.7. The summed E-state index contributed by atoms with van der Waals surface area (Å²) in [4.78, 5) is 12.5. The van der Waals surface area contributed by atoms with Crippen LogP contribution in [0.4, 0.5) is 11.5 Å². The lowest BCUT2D eigenvalue weighted by Gasteiger charge is -2.15. The molecule has 8 heteroatoms. The summed E-state index contributed by atoms with van der Waals surface area (Å²) in [5.41, 5.74) is 0.701. The zero-order valence-corrected chi connectivity index (χ0v) is 14.6. The van der Waals surface area contributed by atoms with Gasteiger partial charge in [-0.15, -0.1) is 0 Å². The highest BCUT2D eigenvalue weighted by atomic mass is 16.5. The summed E-state index contributed by atoms with van der Waals surface area (Å²) in [6, 6.07) is 7.12. The SMILES string of the molecule is COc1cc(Nc2cncc(Oc3cccnc3)n2)cc(OC)c1OC. The van der Waals surface area contributed by atoms with Gasteiger partial charge in [0.25, 0.3) is 0 Å². The minimum absolute atomic E-state index is 0.343. The molecule has 0 aliphatic rings. The normalized spacial score (nSPS) is 10.1. The number of aromatic nitrogens is 3. The van der Waals surface area contributed by atoms with E-state index in [0.717, 1.165) is 0 Å². The molecule has 0 amide bonds. The van der Waals surface area contributed by atoms with E-state index in [1.807, 2.05) is 0 Å². The lowest BCUT2D eigenvalue weighted by Crippen LogP contribution is -2.00. The van der Waals surface area contributed by atoms with E-state index in [1.165, 1.54) is 6.20 Å². The molecule has 0 fully saturated rings. The smallest absolute Gasteiger partial charge is 0.239 e. The number of anilines is 2. The summed E-state index contributed by atoms with van der Waals surface area (Å²) in [6.07, 6.45) is 6.37. The number of rotatable bonds is 7. The molecule has 1 aromatic carbocycles. The van der Waals surface area contributed by atoms with Crippen LogP contribution in [0.15, 0.2) is 49.1 Å². The monoisotopic (exact) mass is 354 g/mol. The Bertz CT molecular complexity index is 849. The van der Waals surface area contributed by atoms with Crippen molar-refractivity contribution < 1.29 is 18.9 Å². The molecule has 0 aliphatic heterocycles. The van der Waals surface area contributed by atoms with Crippen LogP contribution in [0.3, 0.4) is 0 Å². The molecule has 0 saturated heterocycles. The van der Waals surface area contributed by atoms with E-state index in [4.69, 9.17) is 18.9 Å². The number of pyridine rings is 1. The van der Waals surface area contributed by atoms with E-state index < -0.39 is 0 Å². The Morgan fingerprint density at radius 2 is 1.65 bits per heavy atom. The third kappa shape index (κ3) is 3.92. The average Bonchev–Trinajstić information content (AvgIpc) is 2.68. The second kappa shape index (κ2) is 8.02. The highest BCUT2D eigenvalue weighted by Gasteiger charge is 2.13. The fourth-order valence-corrected chi connectivity index (χ4v) is 2.29. The second-order valence-electron chi connectivity index (χ2n) is 5.07. The number of methoxy groups -OCH3 is 3. The Hall–Kier alpha value is -3.55. The van der Waals surface area contributed by atoms with Gasteiger partial charge in [-0.05, 0) is 12.1 Å². The van der Waals surface area contributed by atoms with Gasteiger partial charge in [0.2, 0.25) is 11.6 Å². The molecule has 3 rings (SSSR count). The number of hydrogen-bond acceptors (Lipinski definition) is 8. The van der Waals surface area contributed by atoms with Crippen LogP contribution in [0, 0.1) is 0 Å². The molecule has 0 atom stereocenters. The Balaban J connectivity index is 1.84. The molecule has 2 aromatic heterocycles. The maximum Gasteiger partial charge on any atom is 0.239 e. The first-order valence-corrected chi connectivity index (χ1v) is 7.70. The van der Waals surface area contributed by atoms with Gasteiger partial charge in [-0.2, -0.15) is 4.98 Å². The molecule has 0 radical (unpaired) electrons. The summed E-state index contributed by atoms with van der Waals surface area (Å²) in [5.74, 6) is 3.00. The Kier molecular flexibility index (Phi) is 5.33. The predicted molar refractivity (Wildman–Crippen MR) is 95.7 cm³/mol. The number of benzene rings is 1. The van der Waals surface area contributed by atoms with Crippen LogP contribution in [-0.2, 0) is 0 Å². The first kappa shape index (κ1) is 17.3. The Morgan fingerprint density at radius 3 is 2.27 bits per heavy atom. The lowest BCUT2D eigenvalue weighted by atomic mass is 10.2. The summed E-state index contributed by atoms with van der Waals surface area (Å²) in [6.45, 7) is 0. The molecule has 134 valence electrons. The molecule has 0 bridgehead atoms. The molecule has 1 N–H and O–H groups in total. The van der Waals surface area contributed by atoms with Gasteiger partial charge in [-0.25, -0.2) is 0 Å². The second-order valence-corrected chi connectivity index (χ2v) is 5.07.